The van der Waals surface area contributed by atoms with Gasteiger partial charge >= 0.3 is 5.97 Å². The van der Waals surface area contributed by atoms with E-state index in [1.54, 1.807) is 20.8 Å². The van der Waals surface area contributed by atoms with Gasteiger partial charge in [0.2, 0.25) is 5.95 Å². The Morgan fingerprint density at radius 1 is 1.03 bits per heavy atom. The SMILES string of the molecule is CCOC(=O)c1c(C)[nH]c(C)c1C(=O)CSc1nnc(N2CCCCC2)n1-c1ccccc1. The molecule has 9 heteroatoms. The largest absolute Gasteiger partial charge is 0.462 e. The highest BCUT2D eigenvalue weighted by molar-refractivity contribution is 7.99. The standard InChI is InChI=1S/C24H29N5O3S/c1-4-32-22(31)21-17(3)25-16(2)20(21)19(30)15-33-24-27-26-23(28-13-9-6-10-14-28)29(24)18-11-7-5-8-12-18/h5,7-8,11-12,25H,4,6,9-10,13-15H2,1-3H3. The second kappa shape index (κ2) is 10.2. The number of H-pyrrole nitrogens is 1. The Balaban J connectivity index is 1.61. The lowest BCUT2D eigenvalue weighted by atomic mass is 10.1. The van der Waals surface area contributed by atoms with E-state index in [1.165, 1.54) is 18.2 Å². The molecule has 1 aromatic carbocycles. The maximum Gasteiger partial charge on any atom is 0.340 e. The number of anilines is 1. The summed E-state index contributed by atoms with van der Waals surface area (Å²) in [5.74, 6) is 0.312. The molecule has 33 heavy (non-hydrogen) atoms. The third-order valence-electron chi connectivity index (χ3n) is 5.74. The van der Waals surface area contributed by atoms with Gasteiger partial charge in [0.15, 0.2) is 10.9 Å². The van der Waals surface area contributed by atoms with Crippen LogP contribution in [0.1, 0.15) is 58.3 Å². The maximum atomic E-state index is 13.2. The summed E-state index contributed by atoms with van der Waals surface area (Å²) in [5, 5.41) is 9.57. The van der Waals surface area contributed by atoms with Crippen LogP contribution in [0.3, 0.4) is 0 Å². The number of hydrogen-bond donors (Lipinski definition) is 1. The molecule has 8 nitrogen and oxygen atoms in total. The van der Waals surface area contributed by atoms with Gasteiger partial charge in [0.25, 0.3) is 0 Å². The van der Waals surface area contributed by atoms with Crippen LogP contribution < -0.4 is 4.90 Å². The highest BCUT2D eigenvalue weighted by atomic mass is 32.2. The number of ketones is 1. The van der Waals surface area contributed by atoms with E-state index < -0.39 is 5.97 Å². The smallest absolute Gasteiger partial charge is 0.340 e. The van der Waals surface area contributed by atoms with Crippen LogP contribution in [0.2, 0.25) is 0 Å². The average Bonchev–Trinajstić information content (AvgIpc) is 3.38. The van der Waals surface area contributed by atoms with Crippen LogP contribution in [0.4, 0.5) is 5.95 Å². The number of benzene rings is 1. The number of ether oxygens (including phenoxy) is 1. The molecule has 0 atom stereocenters. The number of carbonyl (C=O) groups is 2. The van der Waals surface area contributed by atoms with Gasteiger partial charge in [-0.2, -0.15) is 0 Å². The summed E-state index contributed by atoms with van der Waals surface area (Å²) >= 11 is 1.33. The summed E-state index contributed by atoms with van der Waals surface area (Å²) in [4.78, 5) is 31.1. The Kier molecular flexibility index (Phi) is 7.17. The number of hydrogen-bond acceptors (Lipinski definition) is 7. The van der Waals surface area contributed by atoms with Crippen molar-refractivity contribution in [1.29, 1.82) is 0 Å². The predicted molar refractivity (Wildman–Crippen MR) is 129 cm³/mol. The average molecular weight is 468 g/mol. The zero-order chi connectivity index (χ0) is 23.4. The second-order valence-corrected chi connectivity index (χ2v) is 9.00. The van der Waals surface area contributed by atoms with Gasteiger partial charge in [0, 0.05) is 24.5 Å². The first-order valence-corrected chi connectivity index (χ1v) is 12.3. The predicted octanol–water partition coefficient (Wildman–Crippen LogP) is 4.35. The monoisotopic (exact) mass is 467 g/mol. The van der Waals surface area contributed by atoms with Crippen LogP contribution in [0.5, 0.6) is 0 Å². The number of aromatic amines is 1. The van der Waals surface area contributed by atoms with Crippen LogP contribution in [0.25, 0.3) is 5.69 Å². The summed E-state index contributed by atoms with van der Waals surface area (Å²) in [6.07, 6.45) is 3.49. The molecule has 4 rings (SSSR count). The van der Waals surface area contributed by atoms with E-state index in [2.05, 4.69) is 20.1 Å². The number of carbonyl (C=O) groups excluding carboxylic acids is 2. The molecule has 0 amide bonds. The summed E-state index contributed by atoms with van der Waals surface area (Å²) in [6.45, 7) is 7.47. The van der Waals surface area contributed by atoms with Crippen molar-refractivity contribution < 1.29 is 14.3 Å². The van der Waals surface area contributed by atoms with Crippen molar-refractivity contribution in [2.24, 2.45) is 0 Å². The fourth-order valence-electron chi connectivity index (χ4n) is 4.25. The molecule has 0 spiro atoms. The molecule has 0 unspecified atom stereocenters. The molecule has 2 aromatic heterocycles. The fraction of sp³-hybridized carbons (Fsp3) is 0.417. The minimum absolute atomic E-state index is 0.134. The van der Waals surface area contributed by atoms with Gasteiger partial charge in [0.05, 0.1) is 29.2 Å². The highest BCUT2D eigenvalue weighted by Crippen LogP contribution is 2.29. The molecule has 1 aliphatic heterocycles. The number of aromatic nitrogens is 4. The van der Waals surface area contributed by atoms with E-state index in [9.17, 15) is 9.59 Å². The van der Waals surface area contributed by atoms with E-state index in [0.29, 0.717) is 27.7 Å². The van der Waals surface area contributed by atoms with Crippen molar-refractivity contribution in [3.8, 4) is 5.69 Å². The van der Waals surface area contributed by atoms with E-state index in [0.717, 1.165) is 37.6 Å². The van der Waals surface area contributed by atoms with Crippen molar-refractivity contribution in [2.45, 2.75) is 45.2 Å². The number of thioether (sulfide) groups is 1. The molecule has 174 valence electrons. The van der Waals surface area contributed by atoms with Gasteiger partial charge in [-0.1, -0.05) is 30.0 Å². The number of nitrogens with zero attached hydrogens (tertiary/aromatic N) is 4. The Bertz CT molecular complexity index is 1130. The molecule has 1 aliphatic rings. The second-order valence-electron chi connectivity index (χ2n) is 8.06. The summed E-state index contributed by atoms with van der Waals surface area (Å²) in [6, 6.07) is 9.96. The van der Waals surface area contributed by atoms with Gasteiger partial charge in [-0.25, -0.2) is 4.79 Å². The van der Waals surface area contributed by atoms with Crippen molar-refractivity contribution in [1.82, 2.24) is 19.7 Å². The van der Waals surface area contributed by atoms with Crippen molar-refractivity contribution in [2.75, 3.05) is 30.3 Å². The van der Waals surface area contributed by atoms with Gasteiger partial charge in [-0.05, 0) is 52.2 Å². The minimum Gasteiger partial charge on any atom is -0.462 e. The van der Waals surface area contributed by atoms with E-state index >= 15 is 0 Å². The molecule has 0 radical (unpaired) electrons. The number of piperidine rings is 1. The lowest BCUT2D eigenvalue weighted by molar-refractivity contribution is 0.0522. The Hall–Kier alpha value is -3.07. The number of rotatable bonds is 8. The maximum absolute atomic E-state index is 13.2. The topological polar surface area (TPSA) is 93.1 Å². The molecule has 1 saturated heterocycles. The fourth-order valence-corrected chi connectivity index (χ4v) is 5.07. The molecule has 0 bridgehead atoms. The van der Waals surface area contributed by atoms with E-state index in [-0.39, 0.29) is 18.1 Å². The molecule has 1 fully saturated rings. The first kappa shape index (κ1) is 23.1. The zero-order valence-electron chi connectivity index (χ0n) is 19.3. The molecule has 0 saturated carbocycles. The lowest BCUT2D eigenvalue weighted by Crippen LogP contribution is -2.31. The third kappa shape index (κ3) is 4.83. The minimum atomic E-state index is -0.479. The van der Waals surface area contributed by atoms with E-state index in [4.69, 9.17) is 4.74 Å². The molecular formula is C24H29N5O3S. The lowest BCUT2D eigenvalue weighted by Gasteiger charge is -2.27. The van der Waals surface area contributed by atoms with Crippen molar-refractivity contribution >= 4 is 29.5 Å². The molecule has 3 heterocycles. The van der Waals surface area contributed by atoms with Crippen LogP contribution >= 0.6 is 11.8 Å². The Labute approximate surface area is 197 Å². The highest BCUT2D eigenvalue weighted by Gasteiger charge is 2.27. The van der Waals surface area contributed by atoms with Crippen molar-refractivity contribution in [3.63, 3.8) is 0 Å². The molecular weight excluding hydrogens is 438 g/mol. The first-order valence-electron chi connectivity index (χ1n) is 11.3. The Morgan fingerprint density at radius 2 is 1.73 bits per heavy atom. The van der Waals surface area contributed by atoms with Crippen LogP contribution in [-0.2, 0) is 4.74 Å². The normalized spacial score (nSPS) is 13.8. The molecule has 3 aromatic rings. The van der Waals surface area contributed by atoms with Crippen LogP contribution in [0, 0.1) is 13.8 Å². The summed E-state index contributed by atoms with van der Waals surface area (Å²) < 4.78 is 7.19. The van der Waals surface area contributed by atoms with Crippen LogP contribution in [0.15, 0.2) is 35.5 Å². The number of Topliss-reactive ketones (excluding diaryl/α,β-unsaturated/α-hetero) is 1. The van der Waals surface area contributed by atoms with Crippen molar-refractivity contribution in [3.05, 3.63) is 52.8 Å². The van der Waals surface area contributed by atoms with Gasteiger partial charge in [0.1, 0.15) is 0 Å². The number of esters is 1. The molecule has 1 N–H and O–H groups in total. The number of para-hydroxylation sites is 1. The Morgan fingerprint density at radius 3 is 2.42 bits per heavy atom. The number of aryl methyl sites for hydroxylation is 2. The summed E-state index contributed by atoms with van der Waals surface area (Å²) in [5.41, 5.74) is 2.97. The summed E-state index contributed by atoms with van der Waals surface area (Å²) in [7, 11) is 0. The van der Waals surface area contributed by atoms with E-state index in [1.807, 2.05) is 34.9 Å². The third-order valence-corrected chi connectivity index (χ3v) is 6.66. The first-order chi connectivity index (χ1) is 16.0. The quantitative estimate of drug-likeness (QED) is 0.299. The van der Waals surface area contributed by atoms with Gasteiger partial charge < -0.3 is 14.6 Å². The van der Waals surface area contributed by atoms with Gasteiger partial charge in [-0.15, -0.1) is 10.2 Å². The number of nitrogens with one attached hydrogen (secondary N) is 1. The molecule has 0 aliphatic carbocycles. The zero-order valence-corrected chi connectivity index (χ0v) is 20.1. The van der Waals surface area contributed by atoms with Crippen LogP contribution in [-0.4, -0.2) is 57.0 Å². The van der Waals surface area contributed by atoms with Gasteiger partial charge in [-0.3, -0.25) is 9.36 Å².